The van der Waals surface area contributed by atoms with Crippen LogP contribution in [0.5, 0.6) is 0 Å². The molecule has 112 valence electrons. The summed E-state index contributed by atoms with van der Waals surface area (Å²) in [4.78, 5) is 12.3. The van der Waals surface area contributed by atoms with Gasteiger partial charge >= 0.3 is 0 Å². The molecule has 2 saturated carbocycles. The third-order valence-corrected chi connectivity index (χ3v) is 6.81. The molecule has 4 rings (SSSR count). The molecule has 2 nitrogen and oxygen atoms in total. The summed E-state index contributed by atoms with van der Waals surface area (Å²) in [6, 6.07) is 0. The van der Waals surface area contributed by atoms with Crippen molar-refractivity contribution < 1.29 is 9.90 Å². The van der Waals surface area contributed by atoms with Crippen molar-refractivity contribution in [3.63, 3.8) is 0 Å². The first-order valence-electron chi connectivity index (χ1n) is 8.27. The second-order valence-electron chi connectivity index (χ2n) is 7.80. The Morgan fingerprint density at radius 2 is 2.00 bits per heavy atom. The van der Waals surface area contributed by atoms with Gasteiger partial charge in [0.25, 0.3) is 0 Å². The minimum absolute atomic E-state index is 0.0519. The molecule has 1 N–H and O–H groups in total. The van der Waals surface area contributed by atoms with E-state index in [1.165, 1.54) is 11.1 Å². The van der Waals surface area contributed by atoms with Crippen LogP contribution in [0.1, 0.15) is 46.0 Å². The molecular weight excluding hydrogens is 260 g/mol. The van der Waals surface area contributed by atoms with Crippen molar-refractivity contribution in [1.82, 2.24) is 0 Å². The molecule has 0 saturated heterocycles. The molecule has 4 aliphatic rings. The molecule has 2 heteroatoms. The fourth-order valence-corrected chi connectivity index (χ4v) is 5.37. The van der Waals surface area contributed by atoms with Crippen molar-refractivity contribution >= 4 is 5.78 Å². The van der Waals surface area contributed by atoms with Crippen LogP contribution < -0.4 is 0 Å². The molecule has 21 heavy (non-hydrogen) atoms. The number of carbonyl (C=O) groups is 1. The van der Waals surface area contributed by atoms with Crippen LogP contribution in [0.2, 0.25) is 0 Å². The summed E-state index contributed by atoms with van der Waals surface area (Å²) in [7, 11) is 0. The molecule has 0 radical (unpaired) electrons. The second-order valence-corrected chi connectivity index (χ2v) is 7.80. The molecule has 5 atom stereocenters. The quantitative estimate of drug-likeness (QED) is 0.690. The van der Waals surface area contributed by atoms with Crippen molar-refractivity contribution in [3.8, 4) is 0 Å². The van der Waals surface area contributed by atoms with Gasteiger partial charge in [0.1, 0.15) is 5.78 Å². The van der Waals surface area contributed by atoms with Crippen LogP contribution in [0.4, 0.5) is 0 Å². The molecule has 0 aromatic heterocycles. The van der Waals surface area contributed by atoms with Crippen LogP contribution in [-0.2, 0) is 4.79 Å². The highest BCUT2D eigenvalue weighted by Gasteiger charge is 2.55. The Bertz CT molecular complexity index is 597. The molecule has 0 bridgehead atoms. The zero-order valence-electron chi connectivity index (χ0n) is 12.9. The maximum atomic E-state index is 12.3. The number of carbonyl (C=O) groups excluding carboxylic acids is 1. The number of hydrogen-bond donors (Lipinski definition) is 1. The lowest BCUT2D eigenvalue weighted by Gasteiger charge is -2.51. The number of hydrogen-bond acceptors (Lipinski definition) is 2. The topological polar surface area (TPSA) is 37.3 Å². The van der Waals surface area contributed by atoms with Crippen molar-refractivity contribution in [2.45, 2.75) is 52.1 Å². The molecule has 2 unspecified atom stereocenters. The first-order valence-corrected chi connectivity index (χ1v) is 8.27. The van der Waals surface area contributed by atoms with Gasteiger partial charge in [0.2, 0.25) is 0 Å². The summed E-state index contributed by atoms with van der Waals surface area (Å²) in [5.74, 6) is 1.44. The molecular formula is C19H24O2. The van der Waals surface area contributed by atoms with Gasteiger partial charge in [-0.05, 0) is 37.5 Å². The van der Waals surface area contributed by atoms with E-state index in [0.29, 0.717) is 17.6 Å². The Morgan fingerprint density at radius 3 is 2.81 bits per heavy atom. The van der Waals surface area contributed by atoms with Crippen LogP contribution >= 0.6 is 0 Å². The van der Waals surface area contributed by atoms with Crippen LogP contribution in [0, 0.1) is 22.7 Å². The van der Waals surface area contributed by atoms with Crippen LogP contribution in [-0.4, -0.2) is 17.0 Å². The van der Waals surface area contributed by atoms with Gasteiger partial charge in [-0.15, -0.1) is 0 Å². The van der Waals surface area contributed by atoms with Gasteiger partial charge in [0.05, 0.1) is 6.10 Å². The van der Waals surface area contributed by atoms with E-state index < -0.39 is 0 Å². The average molecular weight is 284 g/mol. The number of aliphatic hydroxyl groups is 1. The van der Waals surface area contributed by atoms with Crippen LogP contribution in [0.25, 0.3) is 0 Å². The Labute approximate surface area is 126 Å². The van der Waals surface area contributed by atoms with Gasteiger partial charge < -0.3 is 5.11 Å². The molecule has 0 spiro atoms. The molecule has 0 amide bonds. The van der Waals surface area contributed by atoms with Crippen molar-refractivity contribution in [2.75, 3.05) is 0 Å². The Kier molecular flexibility index (Phi) is 2.70. The van der Waals surface area contributed by atoms with Crippen molar-refractivity contribution in [2.24, 2.45) is 22.7 Å². The highest BCUT2D eigenvalue weighted by molar-refractivity contribution is 5.88. The summed E-state index contributed by atoms with van der Waals surface area (Å²) in [5.41, 5.74) is 2.80. The zero-order chi connectivity index (χ0) is 14.8. The monoisotopic (exact) mass is 284 g/mol. The van der Waals surface area contributed by atoms with E-state index in [1.54, 1.807) is 0 Å². The third-order valence-electron chi connectivity index (χ3n) is 6.81. The predicted molar refractivity (Wildman–Crippen MR) is 82.6 cm³/mol. The van der Waals surface area contributed by atoms with E-state index in [-0.39, 0.29) is 16.9 Å². The molecule has 0 aliphatic heterocycles. The number of Topliss-reactive ketones (excluding diaryl/α,β-unsaturated/α-hetero) is 1. The molecule has 0 aromatic carbocycles. The normalized spacial score (nSPS) is 48.1. The standard InChI is InChI=1S/C19H24O2/c1-18-9-7-13(20)11-12(18)3-4-14-15-5-6-17(21)19(15,2)10-8-16(14)18/h3-4,7,9,13,15-16,20H,5-6,8,10-11H2,1-2H3/t13-,15?,16?,18-,19-/m0/s1. The Balaban J connectivity index is 1.79. The summed E-state index contributed by atoms with van der Waals surface area (Å²) >= 11 is 0. The maximum Gasteiger partial charge on any atom is 0.139 e. The first kappa shape index (κ1) is 13.5. The summed E-state index contributed by atoms with van der Waals surface area (Å²) in [6.45, 7) is 4.50. The molecule has 4 aliphatic carbocycles. The smallest absolute Gasteiger partial charge is 0.139 e. The number of aliphatic hydroxyl groups excluding tert-OH is 1. The number of allylic oxidation sites excluding steroid dienone is 4. The highest BCUT2D eigenvalue weighted by atomic mass is 16.3. The van der Waals surface area contributed by atoms with Crippen LogP contribution in [0.3, 0.4) is 0 Å². The third kappa shape index (κ3) is 1.66. The SMILES string of the molecule is C[C@]12C=C[C@H](O)CC1=CC=C1C2CC[C@]2(C)C(=O)CCC12. The van der Waals surface area contributed by atoms with Gasteiger partial charge in [-0.1, -0.05) is 49.3 Å². The Hall–Kier alpha value is -1.15. The van der Waals surface area contributed by atoms with Crippen LogP contribution in [0.15, 0.2) is 35.5 Å². The average Bonchev–Trinajstić information content (AvgIpc) is 2.76. The lowest BCUT2D eigenvalue weighted by atomic mass is 9.52. The van der Waals surface area contributed by atoms with E-state index in [4.69, 9.17) is 0 Å². The van der Waals surface area contributed by atoms with Crippen molar-refractivity contribution in [3.05, 3.63) is 35.5 Å². The fraction of sp³-hybridized carbons (Fsp3) is 0.632. The zero-order valence-corrected chi connectivity index (χ0v) is 12.9. The maximum absolute atomic E-state index is 12.3. The number of rotatable bonds is 0. The summed E-state index contributed by atoms with van der Waals surface area (Å²) in [5, 5.41) is 9.89. The predicted octanol–water partition coefficient (Wildman–Crippen LogP) is 3.58. The lowest BCUT2D eigenvalue weighted by Crippen LogP contribution is -2.44. The lowest BCUT2D eigenvalue weighted by molar-refractivity contribution is -0.127. The van der Waals surface area contributed by atoms with Gasteiger partial charge in [0, 0.05) is 17.3 Å². The fourth-order valence-electron chi connectivity index (χ4n) is 5.37. The largest absolute Gasteiger partial charge is 0.389 e. The van der Waals surface area contributed by atoms with E-state index in [1.807, 2.05) is 6.08 Å². The molecule has 0 aromatic rings. The minimum atomic E-state index is -0.332. The van der Waals surface area contributed by atoms with Gasteiger partial charge in [-0.3, -0.25) is 4.79 Å². The summed E-state index contributed by atoms with van der Waals surface area (Å²) < 4.78 is 0. The summed E-state index contributed by atoms with van der Waals surface area (Å²) in [6.07, 6.45) is 13.0. The highest BCUT2D eigenvalue weighted by Crippen LogP contribution is 2.61. The Morgan fingerprint density at radius 1 is 1.19 bits per heavy atom. The van der Waals surface area contributed by atoms with E-state index in [9.17, 15) is 9.90 Å². The van der Waals surface area contributed by atoms with Gasteiger partial charge in [-0.25, -0.2) is 0 Å². The van der Waals surface area contributed by atoms with Crippen molar-refractivity contribution in [1.29, 1.82) is 0 Å². The second kappa shape index (κ2) is 4.19. The molecule has 2 fully saturated rings. The minimum Gasteiger partial charge on any atom is -0.389 e. The van der Waals surface area contributed by atoms with E-state index >= 15 is 0 Å². The molecule has 0 heterocycles. The van der Waals surface area contributed by atoms with E-state index in [2.05, 4.69) is 32.1 Å². The van der Waals surface area contributed by atoms with Gasteiger partial charge in [-0.2, -0.15) is 0 Å². The number of fused-ring (bicyclic) bond motifs is 5. The number of ketones is 1. The van der Waals surface area contributed by atoms with Gasteiger partial charge in [0.15, 0.2) is 0 Å². The van der Waals surface area contributed by atoms with E-state index in [0.717, 1.165) is 32.1 Å². The first-order chi connectivity index (χ1) is 9.95.